The summed E-state index contributed by atoms with van der Waals surface area (Å²) in [6, 6.07) is 10.9. The Kier molecular flexibility index (Phi) is 9.34. The number of carbonyl (C=O) groups is 2. The zero-order valence-electron chi connectivity index (χ0n) is 19.1. The third-order valence-electron chi connectivity index (χ3n) is 4.76. The lowest BCUT2D eigenvalue weighted by atomic mass is 10.1. The minimum Gasteiger partial charge on any atom is -0.493 e. The van der Waals surface area contributed by atoms with Gasteiger partial charge in [0.05, 0.1) is 34.1 Å². The maximum Gasteiger partial charge on any atom is 0.259 e. The smallest absolute Gasteiger partial charge is 0.259 e. The second-order valence-electron chi connectivity index (χ2n) is 6.65. The number of hydrazone groups is 1. The molecule has 0 radical (unpaired) electrons. The highest BCUT2D eigenvalue weighted by atomic mass is 16.5. The number of hydrogen-bond donors (Lipinski definition) is 2. The molecule has 0 spiro atoms. The van der Waals surface area contributed by atoms with Crippen molar-refractivity contribution in [2.45, 2.75) is 13.8 Å². The molecule has 32 heavy (non-hydrogen) atoms. The quantitative estimate of drug-likeness (QED) is 0.409. The minimum atomic E-state index is -0.463. The van der Waals surface area contributed by atoms with Gasteiger partial charge in [-0.15, -0.1) is 0 Å². The summed E-state index contributed by atoms with van der Waals surface area (Å²) < 4.78 is 15.7. The van der Waals surface area contributed by atoms with Crippen LogP contribution in [-0.2, 0) is 4.79 Å². The summed E-state index contributed by atoms with van der Waals surface area (Å²) in [5.74, 6) is 0.150. The van der Waals surface area contributed by atoms with Gasteiger partial charge in [-0.3, -0.25) is 9.59 Å². The number of carbonyl (C=O) groups excluding carboxylic acids is 2. The largest absolute Gasteiger partial charge is 0.493 e. The van der Waals surface area contributed by atoms with Crippen LogP contribution >= 0.6 is 0 Å². The number of anilines is 1. The monoisotopic (exact) mass is 442 g/mol. The van der Waals surface area contributed by atoms with E-state index >= 15 is 0 Å². The first kappa shape index (κ1) is 24.5. The lowest BCUT2D eigenvalue weighted by molar-refractivity contribution is -0.120. The Balaban J connectivity index is 1.91. The van der Waals surface area contributed by atoms with E-state index < -0.39 is 11.8 Å². The van der Waals surface area contributed by atoms with Crippen molar-refractivity contribution >= 4 is 23.7 Å². The molecule has 0 fully saturated rings. The van der Waals surface area contributed by atoms with Crippen LogP contribution in [0, 0.1) is 0 Å². The molecule has 0 saturated heterocycles. The average Bonchev–Trinajstić information content (AvgIpc) is 2.83. The standard InChI is InChI=1S/C23H30N4O5/c1-6-27(7-2)18-10-8-16(9-11-18)14-25-26-21(28)15-24-23(29)17-12-19(30-3)22(32-5)20(13-17)31-4/h8-14H,6-7,15H2,1-5H3,(H,24,29)(H,26,28)/b25-14-. The van der Waals surface area contributed by atoms with Crippen LogP contribution in [0.25, 0.3) is 0 Å². The van der Waals surface area contributed by atoms with Crippen molar-refractivity contribution in [3.63, 3.8) is 0 Å². The van der Waals surface area contributed by atoms with Crippen LogP contribution in [0.1, 0.15) is 29.8 Å². The summed E-state index contributed by atoms with van der Waals surface area (Å²) in [5, 5.41) is 6.48. The van der Waals surface area contributed by atoms with Gasteiger partial charge in [0.25, 0.3) is 11.8 Å². The molecule has 0 saturated carbocycles. The van der Waals surface area contributed by atoms with E-state index in [0.717, 1.165) is 24.3 Å². The summed E-state index contributed by atoms with van der Waals surface area (Å²) in [4.78, 5) is 26.7. The number of rotatable bonds is 11. The topological polar surface area (TPSA) is 101 Å². The number of amides is 2. The minimum absolute atomic E-state index is 0.242. The van der Waals surface area contributed by atoms with Gasteiger partial charge in [-0.05, 0) is 43.7 Å². The van der Waals surface area contributed by atoms with E-state index in [1.165, 1.54) is 33.5 Å². The first-order valence-corrected chi connectivity index (χ1v) is 10.2. The molecule has 0 bridgehead atoms. The predicted molar refractivity (Wildman–Crippen MR) is 124 cm³/mol. The fourth-order valence-corrected chi connectivity index (χ4v) is 3.05. The number of benzene rings is 2. The van der Waals surface area contributed by atoms with Gasteiger partial charge in [0.1, 0.15) is 0 Å². The summed E-state index contributed by atoms with van der Waals surface area (Å²) in [7, 11) is 4.40. The highest BCUT2D eigenvalue weighted by Crippen LogP contribution is 2.38. The Morgan fingerprint density at radius 3 is 2.06 bits per heavy atom. The van der Waals surface area contributed by atoms with Gasteiger partial charge in [0.15, 0.2) is 11.5 Å². The van der Waals surface area contributed by atoms with Gasteiger partial charge in [0.2, 0.25) is 5.75 Å². The highest BCUT2D eigenvalue weighted by Gasteiger charge is 2.17. The Morgan fingerprint density at radius 2 is 1.56 bits per heavy atom. The molecule has 2 aromatic carbocycles. The summed E-state index contributed by atoms with van der Waals surface area (Å²) in [6.07, 6.45) is 1.55. The van der Waals surface area contributed by atoms with Crippen LogP contribution in [0.5, 0.6) is 17.2 Å². The molecule has 0 aliphatic heterocycles. The van der Waals surface area contributed by atoms with Crippen molar-refractivity contribution in [1.29, 1.82) is 0 Å². The van der Waals surface area contributed by atoms with Crippen LogP contribution in [0.3, 0.4) is 0 Å². The summed E-state index contributed by atoms with van der Waals surface area (Å²) in [6.45, 7) is 5.83. The lowest BCUT2D eigenvalue weighted by Gasteiger charge is -2.20. The molecular formula is C23H30N4O5. The predicted octanol–water partition coefficient (Wildman–Crippen LogP) is 2.44. The number of methoxy groups -OCH3 is 3. The maximum absolute atomic E-state index is 12.4. The van der Waals surface area contributed by atoms with E-state index in [9.17, 15) is 9.59 Å². The Morgan fingerprint density at radius 1 is 0.969 bits per heavy atom. The van der Waals surface area contributed by atoms with Crippen LogP contribution < -0.4 is 29.9 Å². The van der Waals surface area contributed by atoms with Crippen LogP contribution in [0.4, 0.5) is 5.69 Å². The zero-order valence-corrected chi connectivity index (χ0v) is 19.1. The Bertz CT molecular complexity index is 915. The molecule has 0 aliphatic carbocycles. The molecule has 2 rings (SSSR count). The van der Waals surface area contributed by atoms with Crippen molar-refractivity contribution in [2.75, 3.05) is 45.9 Å². The molecule has 2 aromatic rings. The maximum atomic E-state index is 12.4. The molecule has 172 valence electrons. The van der Waals surface area contributed by atoms with Crippen molar-refractivity contribution < 1.29 is 23.8 Å². The number of nitrogens with one attached hydrogen (secondary N) is 2. The molecule has 2 amide bonds. The lowest BCUT2D eigenvalue weighted by Crippen LogP contribution is -2.34. The van der Waals surface area contributed by atoms with E-state index in [0.29, 0.717) is 17.2 Å². The van der Waals surface area contributed by atoms with Gasteiger partial charge < -0.3 is 24.4 Å². The molecule has 0 aromatic heterocycles. The average molecular weight is 443 g/mol. The van der Waals surface area contributed by atoms with E-state index in [-0.39, 0.29) is 12.1 Å². The Hall–Kier alpha value is -3.75. The second kappa shape index (κ2) is 12.2. The molecule has 2 N–H and O–H groups in total. The number of nitrogens with zero attached hydrogens (tertiary/aromatic N) is 2. The number of ether oxygens (including phenoxy) is 3. The molecular weight excluding hydrogens is 412 g/mol. The van der Waals surface area contributed by atoms with Crippen LogP contribution in [0.15, 0.2) is 41.5 Å². The van der Waals surface area contributed by atoms with E-state index in [1.54, 1.807) is 6.21 Å². The van der Waals surface area contributed by atoms with Crippen molar-refractivity contribution in [1.82, 2.24) is 10.7 Å². The van der Waals surface area contributed by atoms with E-state index in [1.807, 2.05) is 24.3 Å². The molecule has 0 atom stereocenters. The fraction of sp³-hybridized carbons (Fsp3) is 0.348. The van der Waals surface area contributed by atoms with E-state index in [2.05, 4.69) is 34.6 Å². The Labute approximate surface area is 188 Å². The van der Waals surface area contributed by atoms with Crippen molar-refractivity contribution in [3.8, 4) is 17.2 Å². The van der Waals surface area contributed by atoms with Gasteiger partial charge in [-0.25, -0.2) is 5.43 Å². The van der Waals surface area contributed by atoms with Gasteiger partial charge in [0, 0.05) is 24.3 Å². The van der Waals surface area contributed by atoms with Crippen LogP contribution in [0.2, 0.25) is 0 Å². The zero-order chi connectivity index (χ0) is 23.5. The molecule has 9 heteroatoms. The summed E-state index contributed by atoms with van der Waals surface area (Å²) in [5.41, 5.74) is 4.64. The van der Waals surface area contributed by atoms with Crippen molar-refractivity contribution in [3.05, 3.63) is 47.5 Å². The fourth-order valence-electron chi connectivity index (χ4n) is 3.05. The van der Waals surface area contributed by atoms with Gasteiger partial charge >= 0.3 is 0 Å². The van der Waals surface area contributed by atoms with Gasteiger partial charge in [-0.2, -0.15) is 5.10 Å². The number of hydrogen-bond acceptors (Lipinski definition) is 7. The van der Waals surface area contributed by atoms with Crippen LogP contribution in [-0.4, -0.2) is 59.0 Å². The normalized spacial score (nSPS) is 10.5. The second-order valence-corrected chi connectivity index (χ2v) is 6.65. The van der Waals surface area contributed by atoms with Crippen molar-refractivity contribution in [2.24, 2.45) is 5.10 Å². The molecule has 9 nitrogen and oxygen atoms in total. The third kappa shape index (κ3) is 6.37. The first-order valence-electron chi connectivity index (χ1n) is 10.2. The van der Waals surface area contributed by atoms with E-state index in [4.69, 9.17) is 14.2 Å². The third-order valence-corrected chi connectivity index (χ3v) is 4.76. The SMILES string of the molecule is CCN(CC)c1ccc(/C=N\NC(=O)CNC(=O)c2cc(OC)c(OC)c(OC)c2)cc1. The first-order chi connectivity index (χ1) is 15.5. The molecule has 0 unspecified atom stereocenters. The van der Waals surface area contributed by atoms with Gasteiger partial charge in [-0.1, -0.05) is 12.1 Å². The molecule has 0 aliphatic rings. The highest BCUT2D eigenvalue weighted by molar-refractivity contribution is 5.97. The summed E-state index contributed by atoms with van der Waals surface area (Å²) >= 11 is 0. The molecule has 0 heterocycles.